The summed E-state index contributed by atoms with van der Waals surface area (Å²) >= 11 is 0. The van der Waals surface area contributed by atoms with Gasteiger partial charge in [0.05, 0.1) is 16.9 Å². The van der Waals surface area contributed by atoms with Gasteiger partial charge in [0.2, 0.25) is 0 Å². The SMILES string of the molecule is O.O=C1NC2=C(O)N(c3ccc(OC(F)(F)F)cc3)NN2c2ccccc21. The number of aliphatic hydroxyl groups is 1. The van der Waals surface area contributed by atoms with E-state index in [1.54, 1.807) is 24.3 Å². The highest BCUT2D eigenvalue weighted by molar-refractivity contribution is 6.03. The number of nitrogens with zero attached hydrogens (tertiary/aromatic N) is 2. The van der Waals surface area contributed by atoms with E-state index in [9.17, 15) is 23.1 Å². The number of rotatable bonds is 2. The Morgan fingerprint density at radius 3 is 2.33 bits per heavy atom. The molecule has 2 aromatic carbocycles. The van der Waals surface area contributed by atoms with Crippen LogP contribution in [-0.2, 0) is 0 Å². The number of para-hydroxylation sites is 1. The van der Waals surface area contributed by atoms with Crippen molar-refractivity contribution in [3.05, 3.63) is 65.8 Å². The first kappa shape index (κ1) is 18.4. The van der Waals surface area contributed by atoms with Gasteiger partial charge in [0, 0.05) is 0 Å². The van der Waals surface area contributed by atoms with Gasteiger partial charge in [-0.1, -0.05) is 12.1 Å². The Bertz CT molecular complexity index is 915. The molecule has 2 aliphatic heterocycles. The number of anilines is 2. The second kappa shape index (κ2) is 6.37. The number of hydrazine groups is 2. The van der Waals surface area contributed by atoms with Crippen molar-refractivity contribution in [3.63, 3.8) is 0 Å². The molecule has 0 aliphatic carbocycles. The highest BCUT2D eigenvalue weighted by Gasteiger charge is 2.38. The Balaban J connectivity index is 0.00000210. The van der Waals surface area contributed by atoms with Crippen molar-refractivity contribution in [2.45, 2.75) is 6.36 Å². The third-order valence-electron chi connectivity index (χ3n) is 3.80. The number of carbonyl (C=O) groups is 1. The predicted octanol–water partition coefficient (Wildman–Crippen LogP) is 1.93. The van der Waals surface area contributed by atoms with Crippen molar-refractivity contribution in [2.24, 2.45) is 0 Å². The van der Waals surface area contributed by atoms with Gasteiger partial charge in [-0.2, -0.15) is 0 Å². The van der Waals surface area contributed by atoms with Crippen LogP contribution in [0, 0.1) is 0 Å². The summed E-state index contributed by atoms with van der Waals surface area (Å²) in [4.78, 5) is 12.1. The Morgan fingerprint density at radius 2 is 1.67 bits per heavy atom. The van der Waals surface area contributed by atoms with Gasteiger partial charge in [0.1, 0.15) is 5.75 Å². The van der Waals surface area contributed by atoms with Crippen LogP contribution >= 0.6 is 0 Å². The fraction of sp³-hybridized carbons (Fsp3) is 0.0625. The van der Waals surface area contributed by atoms with Gasteiger partial charge in [-0.3, -0.25) is 4.79 Å². The van der Waals surface area contributed by atoms with E-state index < -0.39 is 6.36 Å². The minimum Gasteiger partial charge on any atom is -0.491 e. The van der Waals surface area contributed by atoms with Crippen LogP contribution in [0.1, 0.15) is 10.4 Å². The molecule has 0 saturated carbocycles. The van der Waals surface area contributed by atoms with Crippen LogP contribution in [0.25, 0.3) is 0 Å². The molecule has 0 fully saturated rings. The maximum absolute atomic E-state index is 12.2. The van der Waals surface area contributed by atoms with Crippen LogP contribution in [0.3, 0.4) is 0 Å². The van der Waals surface area contributed by atoms with Gasteiger partial charge in [-0.15, -0.1) is 18.7 Å². The van der Waals surface area contributed by atoms with Crippen molar-refractivity contribution in [1.82, 2.24) is 10.9 Å². The summed E-state index contributed by atoms with van der Waals surface area (Å²) in [7, 11) is 0. The van der Waals surface area contributed by atoms with E-state index in [1.807, 2.05) is 0 Å². The maximum atomic E-state index is 12.2. The third kappa shape index (κ3) is 3.20. The quantitative estimate of drug-likeness (QED) is 0.733. The van der Waals surface area contributed by atoms with Crippen LogP contribution in [0.4, 0.5) is 24.5 Å². The number of benzene rings is 2. The number of halogens is 3. The summed E-state index contributed by atoms with van der Waals surface area (Å²) in [5.41, 5.74) is 4.14. The van der Waals surface area contributed by atoms with E-state index in [0.717, 1.165) is 12.1 Å². The lowest BCUT2D eigenvalue weighted by Gasteiger charge is -2.28. The number of fused-ring (bicyclic) bond motifs is 3. The normalized spacial score (nSPS) is 15.7. The van der Waals surface area contributed by atoms with E-state index in [4.69, 9.17) is 0 Å². The maximum Gasteiger partial charge on any atom is 0.573 e. The first-order valence-electron chi connectivity index (χ1n) is 7.39. The molecule has 27 heavy (non-hydrogen) atoms. The van der Waals surface area contributed by atoms with Crippen molar-refractivity contribution in [3.8, 4) is 5.75 Å². The summed E-state index contributed by atoms with van der Waals surface area (Å²) in [5.74, 6) is -0.957. The number of hydrogen-bond acceptors (Lipinski definition) is 6. The van der Waals surface area contributed by atoms with Crippen LogP contribution in [-0.4, -0.2) is 22.9 Å². The van der Waals surface area contributed by atoms with Crippen molar-refractivity contribution >= 4 is 17.3 Å². The lowest BCUT2D eigenvalue weighted by Crippen LogP contribution is -2.47. The molecule has 2 aliphatic rings. The van der Waals surface area contributed by atoms with Crippen LogP contribution in [0.15, 0.2) is 60.2 Å². The topological polar surface area (TPSA) is 109 Å². The summed E-state index contributed by atoms with van der Waals surface area (Å²) in [6.45, 7) is 0. The number of alkyl halides is 3. The molecule has 8 nitrogen and oxygen atoms in total. The zero-order valence-electron chi connectivity index (χ0n) is 13.4. The minimum atomic E-state index is -4.79. The number of aliphatic hydroxyl groups excluding tert-OH is 1. The van der Waals surface area contributed by atoms with E-state index >= 15 is 0 Å². The Kier molecular flexibility index (Phi) is 4.33. The van der Waals surface area contributed by atoms with Gasteiger partial charge in [-0.05, 0) is 36.4 Å². The summed E-state index contributed by atoms with van der Waals surface area (Å²) in [5, 5.41) is 15.7. The Labute approximate surface area is 150 Å². The molecular weight excluding hydrogens is 369 g/mol. The van der Waals surface area contributed by atoms with Gasteiger partial charge in [0.25, 0.3) is 11.8 Å². The molecule has 5 N–H and O–H groups in total. The molecule has 2 heterocycles. The summed E-state index contributed by atoms with van der Waals surface area (Å²) < 4.78 is 40.6. The average molecular weight is 382 g/mol. The van der Waals surface area contributed by atoms with Gasteiger partial charge < -0.3 is 20.6 Å². The summed E-state index contributed by atoms with van der Waals surface area (Å²) in [6.07, 6.45) is -4.79. The van der Waals surface area contributed by atoms with Crippen molar-refractivity contribution in [1.29, 1.82) is 0 Å². The molecule has 11 heteroatoms. The van der Waals surface area contributed by atoms with E-state index in [-0.39, 0.29) is 28.8 Å². The first-order chi connectivity index (χ1) is 12.3. The lowest BCUT2D eigenvalue weighted by molar-refractivity contribution is -0.274. The van der Waals surface area contributed by atoms with Crippen molar-refractivity contribution in [2.75, 3.05) is 10.0 Å². The van der Waals surface area contributed by atoms with Crippen molar-refractivity contribution < 1.29 is 33.3 Å². The molecule has 0 radical (unpaired) electrons. The standard InChI is InChI=1S/C16H11F3N4O3.H2O/c17-16(18,19)26-10-7-5-9(6-8-10)22-15(25)13-20-14(24)11-3-1-2-4-12(11)23(13)21-22;/h1-8,21,25H,(H,20,24);1H2. The monoisotopic (exact) mass is 382 g/mol. The Morgan fingerprint density at radius 1 is 1.00 bits per heavy atom. The second-order valence-electron chi connectivity index (χ2n) is 5.46. The molecule has 1 amide bonds. The largest absolute Gasteiger partial charge is 0.573 e. The smallest absolute Gasteiger partial charge is 0.491 e. The zero-order valence-corrected chi connectivity index (χ0v) is 13.4. The molecule has 0 saturated heterocycles. The molecule has 0 aromatic heterocycles. The first-order valence-corrected chi connectivity index (χ1v) is 7.39. The average Bonchev–Trinajstić information content (AvgIpc) is 2.92. The molecule has 0 spiro atoms. The predicted molar refractivity (Wildman–Crippen MR) is 88.4 cm³/mol. The fourth-order valence-corrected chi connectivity index (χ4v) is 2.70. The minimum absolute atomic E-state index is 0. The molecule has 0 unspecified atom stereocenters. The van der Waals surface area contributed by atoms with Crippen LogP contribution in [0.2, 0.25) is 0 Å². The highest BCUT2D eigenvalue weighted by Crippen LogP contribution is 2.34. The number of amides is 1. The van der Waals surface area contributed by atoms with Crippen LogP contribution in [0.5, 0.6) is 5.75 Å². The highest BCUT2D eigenvalue weighted by atomic mass is 19.4. The summed E-state index contributed by atoms with van der Waals surface area (Å²) in [6, 6.07) is 11.7. The number of hydrogen-bond donors (Lipinski definition) is 3. The fourth-order valence-electron chi connectivity index (χ4n) is 2.70. The molecule has 142 valence electrons. The van der Waals surface area contributed by atoms with E-state index in [2.05, 4.69) is 15.6 Å². The molecule has 0 bridgehead atoms. The van der Waals surface area contributed by atoms with Crippen LogP contribution < -0.4 is 25.6 Å². The zero-order chi connectivity index (χ0) is 18.5. The molecule has 4 rings (SSSR count). The third-order valence-corrected chi connectivity index (χ3v) is 3.80. The van der Waals surface area contributed by atoms with Gasteiger partial charge >= 0.3 is 6.36 Å². The molecule has 2 aromatic rings. The lowest BCUT2D eigenvalue weighted by atomic mass is 10.1. The second-order valence-corrected chi connectivity index (χ2v) is 5.46. The van der Waals surface area contributed by atoms with E-state index in [1.165, 1.54) is 22.2 Å². The van der Waals surface area contributed by atoms with E-state index in [0.29, 0.717) is 16.9 Å². The molecular formula is C16H13F3N4O4. The number of ether oxygens (including phenoxy) is 1. The van der Waals surface area contributed by atoms with Gasteiger partial charge in [0.15, 0.2) is 5.82 Å². The number of nitrogens with one attached hydrogen (secondary N) is 2. The van der Waals surface area contributed by atoms with Gasteiger partial charge in [-0.25, -0.2) is 10.0 Å². The Hall–Kier alpha value is -3.44. The number of carbonyl (C=O) groups excluding carboxylic acids is 1. The molecule has 0 atom stereocenters.